The van der Waals surface area contributed by atoms with Gasteiger partial charge in [-0.3, -0.25) is 4.79 Å². The Bertz CT molecular complexity index is 592. The average Bonchev–Trinajstić information content (AvgIpc) is 2.55. The van der Waals surface area contributed by atoms with Gasteiger partial charge in [0.1, 0.15) is 0 Å². The number of nitrogens with zero attached hydrogens (tertiary/aromatic N) is 2. The van der Waals surface area contributed by atoms with Gasteiger partial charge in [0.15, 0.2) is 0 Å². The van der Waals surface area contributed by atoms with E-state index in [9.17, 15) is 9.59 Å². The van der Waals surface area contributed by atoms with Gasteiger partial charge in [0.05, 0.1) is 11.3 Å². The van der Waals surface area contributed by atoms with Crippen LogP contribution < -0.4 is 10.6 Å². The number of carbonyl (C=O) groups is 2. The molecule has 0 aromatic heterocycles. The summed E-state index contributed by atoms with van der Waals surface area (Å²) in [7, 11) is 5.27. The van der Waals surface area contributed by atoms with E-state index < -0.39 is 0 Å². The summed E-state index contributed by atoms with van der Waals surface area (Å²) < 4.78 is 0. The van der Waals surface area contributed by atoms with Crippen molar-refractivity contribution in [3.8, 4) is 0 Å². The van der Waals surface area contributed by atoms with Crippen molar-refractivity contribution in [1.29, 1.82) is 0 Å². The number of benzene rings is 1. The zero-order valence-electron chi connectivity index (χ0n) is 14.8. The van der Waals surface area contributed by atoms with Crippen molar-refractivity contribution in [1.82, 2.24) is 15.1 Å². The highest BCUT2D eigenvalue weighted by atomic mass is 35.5. The molecule has 7 heteroatoms. The van der Waals surface area contributed by atoms with Gasteiger partial charge in [0, 0.05) is 33.2 Å². The fourth-order valence-corrected chi connectivity index (χ4v) is 2.74. The monoisotopic (exact) mass is 354 g/mol. The van der Waals surface area contributed by atoms with Crippen LogP contribution in [0, 0.1) is 6.92 Å². The molecule has 2 rings (SSSR count). The lowest BCUT2D eigenvalue weighted by atomic mass is 10.0. The molecule has 6 nitrogen and oxygen atoms in total. The minimum Gasteiger partial charge on any atom is -0.337 e. The Morgan fingerprint density at radius 1 is 1.29 bits per heavy atom. The number of likely N-dealkylation sites (tertiary alicyclic amines) is 1. The van der Waals surface area contributed by atoms with E-state index in [0.717, 1.165) is 24.9 Å². The number of aryl methyl sites for hydroxylation is 1. The normalized spacial score (nSPS) is 17.0. The third-order valence-electron chi connectivity index (χ3n) is 4.17. The molecule has 0 aliphatic carbocycles. The minimum atomic E-state index is -0.241. The van der Waals surface area contributed by atoms with E-state index in [1.807, 2.05) is 31.0 Å². The van der Waals surface area contributed by atoms with E-state index >= 15 is 0 Å². The molecule has 0 spiro atoms. The Labute approximate surface area is 150 Å². The SMILES string of the molecule is CNC1CCCN(C(=O)c2cc(C)ccc2NC(=O)N(C)C)C1.Cl. The molecule has 1 heterocycles. The Hall–Kier alpha value is -1.79. The largest absolute Gasteiger partial charge is 0.337 e. The zero-order chi connectivity index (χ0) is 17.0. The molecule has 3 amide bonds. The van der Waals surface area contributed by atoms with Crippen LogP contribution in [0.3, 0.4) is 0 Å². The molecular weight excluding hydrogens is 328 g/mol. The number of likely N-dealkylation sites (N-methyl/N-ethyl adjacent to an activating group) is 1. The van der Waals surface area contributed by atoms with Gasteiger partial charge in [-0.15, -0.1) is 12.4 Å². The number of rotatable bonds is 3. The quantitative estimate of drug-likeness (QED) is 0.875. The Balaban J connectivity index is 0.00000288. The first-order valence-electron chi connectivity index (χ1n) is 7.98. The molecule has 1 aromatic rings. The Kier molecular flexibility index (Phi) is 7.51. The van der Waals surface area contributed by atoms with Crippen LogP contribution in [-0.4, -0.2) is 62.0 Å². The molecule has 1 unspecified atom stereocenters. The highest BCUT2D eigenvalue weighted by Gasteiger charge is 2.25. The first kappa shape index (κ1) is 20.3. The lowest BCUT2D eigenvalue weighted by Crippen LogP contribution is -2.47. The third-order valence-corrected chi connectivity index (χ3v) is 4.17. The van der Waals surface area contributed by atoms with Gasteiger partial charge in [-0.2, -0.15) is 0 Å². The van der Waals surface area contributed by atoms with Crippen molar-refractivity contribution < 1.29 is 9.59 Å². The lowest BCUT2D eigenvalue weighted by Gasteiger charge is -2.33. The molecule has 134 valence electrons. The van der Waals surface area contributed by atoms with Gasteiger partial charge >= 0.3 is 6.03 Å². The maximum Gasteiger partial charge on any atom is 0.321 e. The number of hydrogen-bond donors (Lipinski definition) is 2. The molecule has 2 N–H and O–H groups in total. The van der Waals surface area contributed by atoms with Crippen molar-refractivity contribution in [2.24, 2.45) is 0 Å². The number of nitrogens with one attached hydrogen (secondary N) is 2. The number of amides is 3. The van der Waals surface area contributed by atoms with E-state index in [2.05, 4.69) is 10.6 Å². The van der Waals surface area contributed by atoms with Gasteiger partial charge in [0.2, 0.25) is 0 Å². The highest BCUT2D eigenvalue weighted by molar-refractivity contribution is 6.03. The number of urea groups is 1. The fraction of sp³-hybridized carbons (Fsp3) is 0.529. The Morgan fingerprint density at radius 2 is 2.00 bits per heavy atom. The van der Waals surface area contributed by atoms with E-state index in [1.54, 1.807) is 20.2 Å². The number of halogens is 1. The second kappa shape index (κ2) is 8.89. The van der Waals surface area contributed by atoms with Crippen molar-refractivity contribution >= 4 is 30.0 Å². The number of carbonyl (C=O) groups excluding carboxylic acids is 2. The van der Waals surface area contributed by atoms with Crippen molar-refractivity contribution in [3.05, 3.63) is 29.3 Å². The summed E-state index contributed by atoms with van der Waals surface area (Å²) in [6.45, 7) is 3.40. The molecule has 1 aromatic carbocycles. The molecule has 1 atom stereocenters. The molecule has 24 heavy (non-hydrogen) atoms. The van der Waals surface area contributed by atoms with Crippen LogP contribution in [0.5, 0.6) is 0 Å². The van der Waals surface area contributed by atoms with Crippen molar-refractivity contribution in [3.63, 3.8) is 0 Å². The van der Waals surface area contributed by atoms with Crippen molar-refractivity contribution in [2.45, 2.75) is 25.8 Å². The van der Waals surface area contributed by atoms with Crippen LogP contribution in [-0.2, 0) is 0 Å². The first-order valence-corrected chi connectivity index (χ1v) is 7.98. The highest BCUT2D eigenvalue weighted by Crippen LogP contribution is 2.22. The standard InChI is InChI=1S/C17H26N4O2.ClH/c1-12-7-8-15(19-17(23)20(3)4)14(10-12)16(22)21-9-5-6-13(11-21)18-2;/h7-8,10,13,18H,5-6,9,11H2,1-4H3,(H,19,23);1H. The van der Waals surface area contributed by atoms with E-state index in [0.29, 0.717) is 23.8 Å². The molecule has 1 fully saturated rings. The third kappa shape index (κ3) is 4.85. The van der Waals surface area contributed by atoms with Crippen LogP contribution in [0.1, 0.15) is 28.8 Å². The van der Waals surface area contributed by atoms with Gasteiger partial charge in [0.25, 0.3) is 5.91 Å². The first-order chi connectivity index (χ1) is 10.9. The summed E-state index contributed by atoms with van der Waals surface area (Å²) in [6, 6.07) is 5.63. The summed E-state index contributed by atoms with van der Waals surface area (Å²) in [5, 5.41) is 6.05. The summed E-state index contributed by atoms with van der Waals surface area (Å²) in [4.78, 5) is 28.2. The molecular formula is C17H27ClN4O2. The van der Waals surface area contributed by atoms with Gasteiger partial charge in [-0.1, -0.05) is 11.6 Å². The van der Waals surface area contributed by atoms with E-state index in [1.165, 1.54) is 4.90 Å². The van der Waals surface area contributed by atoms with Crippen LogP contribution in [0.25, 0.3) is 0 Å². The molecule has 1 aliphatic heterocycles. The predicted octanol–water partition coefficient (Wildman–Crippen LogP) is 2.33. The number of anilines is 1. The number of hydrogen-bond acceptors (Lipinski definition) is 3. The average molecular weight is 355 g/mol. The Morgan fingerprint density at radius 3 is 2.62 bits per heavy atom. The summed E-state index contributed by atoms with van der Waals surface area (Å²) in [6.07, 6.45) is 2.07. The smallest absolute Gasteiger partial charge is 0.321 e. The maximum atomic E-state index is 12.9. The molecule has 0 radical (unpaired) electrons. The van der Waals surface area contributed by atoms with E-state index in [4.69, 9.17) is 0 Å². The summed E-state index contributed by atoms with van der Waals surface area (Å²) in [5.74, 6) is -0.0253. The maximum absolute atomic E-state index is 12.9. The van der Waals surface area contributed by atoms with Crippen LogP contribution in [0.4, 0.5) is 10.5 Å². The van der Waals surface area contributed by atoms with Crippen LogP contribution in [0.2, 0.25) is 0 Å². The molecule has 1 saturated heterocycles. The van der Waals surface area contributed by atoms with Crippen LogP contribution in [0.15, 0.2) is 18.2 Å². The molecule has 1 aliphatic rings. The summed E-state index contributed by atoms with van der Waals surface area (Å²) >= 11 is 0. The van der Waals surface area contributed by atoms with Crippen LogP contribution >= 0.6 is 12.4 Å². The second-order valence-electron chi connectivity index (χ2n) is 6.25. The predicted molar refractivity (Wildman–Crippen MR) is 99.1 cm³/mol. The van der Waals surface area contributed by atoms with Gasteiger partial charge < -0.3 is 20.4 Å². The van der Waals surface area contributed by atoms with E-state index in [-0.39, 0.29) is 24.3 Å². The van der Waals surface area contributed by atoms with Gasteiger partial charge in [-0.05, 0) is 38.9 Å². The van der Waals surface area contributed by atoms with Crippen molar-refractivity contribution in [2.75, 3.05) is 39.5 Å². The minimum absolute atomic E-state index is 0. The topological polar surface area (TPSA) is 64.7 Å². The summed E-state index contributed by atoms with van der Waals surface area (Å²) in [5.41, 5.74) is 2.11. The second-order valence-corrected chi connectivity index (χ2v) is 6.25. The zero-order valence-corrected chi connectivity index (χ0v) is 15.6. The number of piperidine rings is 1. The molecule has 0 saturated carbocycles. The van der Waals surface area contributed by atoms with Gasteiger partial charge in [-0.25, -0.2) is 4.79 Å². The molecule has 0 bridgehead atoms. The fourth-order valence-electron chi connectivity index (χ4n) is 2.74. The lowest BCUT2D eigenvalue weighted by molar-refractivity contribution is 0.0699.